The Balaban J connectivity index is 1.52. The summed E-state index contributed by atoms with van der Waals surface area (Å²) in [5.41, 5.74) is 1.73. The second-order valence-electron chi connectivity index (χ2n) is 6.60. The van der Waals surface area contributed by atoms with Gasteiger partial charge >= 0.3 is 0 Å². The van der Waals surface area contributed by atoms with E-state index in [0.717, 1.165) is 11.3 Å². The summed E-state index contributed by atoms with van der Waals surface area (Å²) in [6, 6.07) is 15.0. The molecule has 1 aliphatic rings. The molecule has 6 nitrogen and oxygen atoms in total. The molecule has 1 heterocycles. The summed E-state index contributed by atoms with van der Waals surface area (Å²) in [5.74, 6) is 1.24. The third-order valence-corrected chi connectivity index (χ3v) is 4.67. The van der Waals surface area contributed by atoms with Gasteiger partial charge in [-0.2, -0.15) is 0 Å². The van der Waals surface area contributed by atoms with Crippen molar-refractivity contribution in [2.75, 3.05) is 32.2 Å². The Bertz CT molecular complexity index is 864. The molecule has 2 amide bonds. The molecule has 1 atom stereocenters. The van der Waals surface area contributed by atoms with E-state index in [9.17, 15) is 9.59 Å². The molecule has 0 saturated carbocycles. The minimum Gasteiger partial charge on any atom is -0.493 e. The number of benzene rings is 2. The van der Waals surface area contributed by atoms with E-state index >= 15 is 0 Å². The first-order chi connectivity index (χ1) is 13.6. The quantitative estimate of drug-likeness (QED) is 0.750. The fraction of sp³-hybridized carbons (Fsp3) is 0.273. The van der Waals surface area contributed by atoms with Crippen LogP contribution >= 0.6 is 0 Å². The van der Waals surface area contributed by atoms with Crippen molar-refractivity contribution < 1.29 is 19.1 Å². The van der Waals surface area contributed by atoms with Crippen molar-refractivity contribution in [1.82, 2.24) is 5.32 Å². The molecule has 0 radical (unpaired) electrons. The monoisotopic (exact) mass is 380 g/mol. The summed E-state index contributed by atoms with van der Waals surface area (Å²) < 4.78 is 10.5. The molecule has 6 heteroatoms. The van der Waals surface area contributed by atoms with Crippen LogP contribution in [-0.4, -0.2) is 39.1 Å². The highest BCUT2D eigenvalue weighted by atomic mass is 16.5. The lowest BCUT2D eigenvalue weighted by molar-refractivity contribution is -0.118. The van der Waals surface area contributed by atoms with Crippen LogP contribution in [0.3, 0.4) is 0 Å². The van der Waals surface area contributed by atoms with E-state index < -0.39 is 0 Å². The molecule has 1 fully saturated rings. The van der Waals surface area contributed by atoms with Gasteiger partial charge in [0.05, 0.1) is 14.2 Å². The number of carbonyl (C=O) groups is 2. The SMILES string of the molecule is COc1ccc(/C=C\C(=O)NCC2CC(=O)N(c3ccccc3)C2)cc1OC. The van der Waals surface area contributed by atoms with Gasteiger partial charge in [0, 0.05) is 37.2 Å². The first kappa shape index (κ1) is 19.5. The van der Waals surface area contributed by atoms with Crippen LogP contribution in [0.4, 0.5) is 5.69 Å². The van der Waals surface area contributed by atoms with Gasteiger partial charge in [0.15, 0.2) is 11.5 Å². The fourth-order valence-corrected chi connectivity index (χ4v) is 3.21. The van der Waals surface area contributed by atoms with Crippen molar-refractivity contribution in [3.8, 4) is 11.5 Å². The van der Waals surface area contributed by atoms with Gasteiger partial charge in [0.2, 0.25) is 11.8 Å². The first-order valence-electron chi connectivity index (χ1n) is 9.14. The van der Waals surface area contributed by atoms with Gasteiger partial charge in [-0.3, -0.25) is 9.59 Å². The molecule has 0 aromatic heterocycles. The van der Waals surface area contributed by atoms with Gasteiger partial charge in [-0.15, -0.1) is 0 Å². The van der Waals surface area contributed by atoms with Crippen LogP contribution < -0.4 is 19.7 Å². The zero-order valence-electron chi connectivity index (χ0n) is 16.1. The predicted octanol–water partition coefficient (Wildman–Crippen LogP) is 2.89. The Labute approximate surface area is 164 Å². The standard InChI is InChI=1S/C22H24N2O4/c1-27-19-10-8-16(12-20(19)28-2)9-11-21(25)23-14-17-13-22(26)24(15-17)18-6-4-3-5-7-18/h3-12,17H,13-15H2,1-2H3,(H,23,25)/b11-9-. The minimum absolute atomic E-state index is 0.0892. The van der Waals surface area contributed by atoms with Crippen LogP contribution in [0.5, 0.6) is 11.5 Å². The number of nitrogens with zero attached hydrogens (tertiary/aromatic N) is 1. The normalized spacial score (nSPS) is 16.4. The third kappa shape index (κ3) is 4.71. The number of carbonyl (C=O) groups excluding carboxylic acids is 2. The van der Waals surface area contributed by atoms with Crippen molar-refractivity contribution in [3.63, 3.8) is 0 Å². The second-order valence-corrected chi connectivity index (χ2v) is 6.60. The van der Waals surface area contributed by atoms with Crippen molar-refractivity contribution in [1.29, 1.82) is 0 Å². The van der Waals surface area contributed by atoms with E-state index in [2.05, 4.69) is 5.32 Å². The van der Waals surface area contributed by atoms with E-state index in [0.29, 0.717) is 31.0 Å². The maximum Gasteiger partial charge on any atom is 0.244 e. The molecule has 1 aliphatic heterocycles. The van der Waals surface area contributed by atoms with E-state index in [4.69, 9.17) is 9.47 Å². The molecule has 0 aliphatic carbocycles. The highest BCUT2D eigenvalue weighted by Gasteiger charge is 2.30. The number of hydrogen-bond donors (Lipinski definition) is 1. The summed E-state index contributed by atoms with van der Waals surface area (Å²) in [4.78, 5) is 26.1. The van der Waals surface area contributed by atoms with Crippen molar-refractivity contribution in [3.05, 3.63) is 60.2 Å². The number of anilines is 1. The van der Waals surface area contributed by atoms with Gasteiger partial charge in [-0.1, -0.05) is 24.3 Å². The van der Waals surface area contributed by atoms with Crippen molar-refractivity contribution in [2.24, 2.45) is 5.92 Å². The number of hydrogen-bond acceptors (Lipinski definition) is 4. The predicted molar refractivity (Wildman–Crippen MR) is 108 cm³/mol. The van der Waals surface area contributed by atoms with E-state index in [1.54, 1.807) is 37.3 Å². The molecule has 1 unspecified atom stereocenters. The fourth-order valence-electron chi connectivity index (χ4n) is 3.21. The Kier molecular flexibility index (Phi) is 6.32. The van der Waals surface area contributed by atoms with E-state index in [-0.39, 0.29) is 17.7 Å². The maximum atomic E-state index is 12.2. The topological polar surface area (TPSA) is 67.9 Å². The molecule has 1 N–H and O–H groups in total. The molecule has 28 heavy (non-hydrogen) atoms. The smallest absolute Gasteiger partial charge is 0.244 e. The van der Waals surface area contributed by atoms with Gasteiger partial charge in [-0.05, 0) is 35.9 Å². The van der Waals surface area contributed by atoms with E-state index in [1.165, 1.54) is 6.08 Å². The molecule has 3 rings (SSSR count). The average molecular weight is 380 g/mol. The Morgan fingerprint density at radius 3 is 2.61 bits per heavy atom. The van der Waals surface area contributed by atoms with Crippen LogP contribution in [0.1, 0.15) is 12.0 Å². The Morgan fingerprint density at radius 2 is 1.89 bits per heavy atom. The summed E-state index contributed by atoms with van der Waals surface area (Å²) >= 11 is 0. The van der Waals surface area contributed by atoms with E-state index in [1.807, 2.05) is 36.4 Å². The van der Waals surface area contributed by atoms with Crippen LogP contribution in [0.15, 0.2) is 54.6 Å². The van der Waals surface area contributed by atoms with Crippen LogP contribution in [0, 0.1) is 5.92 Å². The Morgan fingerprint density at radius 1 is 1.14 bits per heavy atom. The molecule has 146 valence electrons. The van der Waals surface area contributed by atoms with Crippen molar-refractivity contribution >= 4 is 23.6 Å². The molecule has 0 spiro atoms. The Hall–Kier alpha value is -3.28. The van der Waals surface area contributed by atoms with Crippen LogP contribution in [0.25, 0.3) is 6.08 Å². The number of methoxy groups -OCH3 is 2. The average Bonchev–Trinajstić information content (AvgIpc) is 3.11. The third-order valence-electron chi connectivity index (χ3n) is 4.67. The lowest BCUT2D eigenvalue weighted by Crippen LogP contribution is -2.30. The molecule has 0 bridgehead atoms. The zero-order chi connectivity index (χ0) is 19.9. The largest absolute Gasteiger partial charge is 0.493 e. The van der Waals surface area contributed by atoms with Gasteiger partial charge < -0.3 is 19.7 Å². The van der Waals surface area contributed by atoms with Gasteiger partial charge in [0.25, 0.3) is 0 Å². The number of para-hydroxylation sites is 1. The van der Waals surface area contributed by atoms with Gasteiger partial charge in [0.1, 0.15) is 0 Å². The lowest BCUT2D eigenvalue weighted by Gasteiger charge is -2.16. The summed E-state index contributed by atoms with van der Waals surface area (Å²) in [7, 11) is 3.15. The molecule has 1 saturated heterocycles. The number of rotatable bonds is 7. The zero-order valence-corrected chi connectivity index (χ0v) is 16.1. The summed E-state index contributed by atoms with van der Waals surface area (Å²) in [5, 5.41) is 2.88. The highest BCUT2D eigenvalue weighted by molar-refractivity contribution is 5.96. The summed E-state index contributed by atoms with van der Waals surface area (Å²) in [6.45, 7) is 1.08. The molecule has 2 aromatic rings. The minimum atomic E-state index is -0.194. The molecule has 2 aromatic carbocycles. The van der Waals surface area contributed by atoms with Crippen LogP contribution in [0.2, 0.25) is 0 Å². The van der Waals surface area contributed by atoms with Crippen LogP contribution in [-0.2, 0) is 9.59 Å². The maximum absolute atomic E-state index is 12.2. The molecular weight excluding hydrogens is 356 g/mol. The summed E-state index contributed by atoms with van der Waals surface area (Å²) in [6.07, 6.45) is 3.63. The molecular formula is C22H24N2O4. The van der Waals surface area contributed by atoms with Gasteiger partial charge in [-0.25, -0.2) is 0 Å². The number of nitrogens with one attached hydrogen (secondary N) is 1. The van der Waals surface area contributed by atoms with Crippen molar-refractivity contribution in [2.45, 2.75) is 6.42 Å². The lowest BCUT2D eigenvalue weighted by atomic mass is 10.1. The number of ether oxygens (including phenoxy) is 2. The second kappa shape index (κ2) is 9.08. The highest BCUT2D eigenvalue weighted by Crippen LogP contribution is 2.28. The number of amides is 2. The first-order valence-corrected chi connectivity index (χ1v) is 9.14.